The topological polar surface area (TPSA) is 24.5 Å². The number of morpholine rings is 1. The average Bonchev–Trinajstić information content (AvgIpc) is 2.18. The summed E-state index contributed by atoms with van der Waals surface area (Å²) in [6.45, 7) is 10.3. The molecular weight excluding hydrogens is 212 g/mol. The first-order valence-corrected chi connectivity index (χ1v) is 6.29. The summed E-state index contributed by atoms with van der Waals surface area (Å²) in [5, 5.41) is 3.75. The number of hydrogen-bond donors (Lipinski definition) is 1. The van der Waals surface area contributed by atoms with Crippen LogP contribution in [-0.2, 0) is 4.74 Å². The molecule has 90 valence electrons. The Morgan fingerprint density at radius 3 is 2.60 bits per heavy atom. The van der Waals surface area contributed by atoms with E-state index in [2.05, 4.69) is 17.1 Å². The van der Waals surface area contributed by atoms with Gasteiger partial charge in [0.15, 0.2) is 0 Å². The van der Waals surface area contributed by atoms with E-state index in [9.17, 15) is 0 Å². The molecule has 2 atom stereocenters. The summed E-state index contributed by atoms with van der Waals surface area (Å²) in [4.78, 5) is 2.44. The number of alkyl halides is 1. The molecule has 0 spiro atoms. The van der Waals surface area contributed by atoms with Crippen molar-refractivity contribution >= 4 is 11.6 Å². The van der Waals surface area contributed by atoms with E-state index < -0.39 is 0 Å². The molecule has 1 saturated heterocycles. The van der Waals surface area contributed by atoms with Crippen LogP contribution in [0.4, 0.5) is 0 Å². The van der Waals surface area contributed by atoms with E-state index in [0.29, 0.717) is 6.04 Å². The lowest BCUT2D eigenvalue weighted by Gasteiger charge is -2.27. The maximum atomic E-state index is 5.93. The molecule has 0 aromatic carbocycles. The van der Waals surface area contributed by atoms with E-state index in [1.807, 2.05) is 6.92 Å². The molecule has 0 saturated carbocycles. The van der Waals surface area contributed by atoms with Gasteiger partial charge in [0, 0.05) is 37.6 Å². The molecule has 4 heteroatoms. The first-order valence-electron chi connectivity index (χ1n) is 5.86. The Balaban J connectivity index is 1.99. The van der Waals surface area contributed by atoms with E-state index in [0.717, 1.165) is 45.8 Å². The standard InChI is InChI=1S/C11H23ClN2O/c1-10(12)9-11(2)13-3-4-14-5-7-15-8-6-14/h10-11,13H,3-9H2,1-2H3. The normalized spacial score (nSPS) is 22.6. The third-order valence-electron chi connectivity index (χ3n) is 2.70. The molecular formula is C11H23ClN2O. The maximum Gasteiger partial charge on any atom is 0.0594 e. The van der Waals surface area contributed by atoms with Gasteiger partial charge in [-0.2, -0.15) is 0 Å². The van der Waals surface area contributed by atoms with Gasteiger partial charge >= 0.3 is 0 Å². The Labute approximate surface area is 98.1 Å². The fraction of sp³-hybridized carbons (Fsp3) is 1.00. The third kappa shape index (κ3) is 6.36. The third-order valence-corrected chi connectivity index (χ3v) is 2.88. The molecule has 0 aromatic heterocycles. The molecule has 0 radical (unpaired) electrons. The average molecular weight is 235 g/mol. The minimum atomic E-state index is 0.260. The first kappa shape index (κ1) is 13.2. The first-order chi connectivity index (χ1) is 7.18. The van der Waals surface area contributed by atoms with Crippen molar-refractivity contribution in [1.29, 1.82) is 0 Å². The number of hydrogen-bond acceptors (Lipinski definition) is 3. The second-order valence-electron chi connectivity index (χ2n) is 4.33. The number of nitrogens with one attached hydrogen (secondary N) is 1. The van der Waals surface area contributed by atoms with Crippen molar-refractivity contribution in [3.8, 4) is 0 Å². The van der Waals surface area contributed by atoms with Gasteiger partial charge in [-0.3, -0.25) is 4.90 Å². The van der Waals surface area contributed by atoms with Gasteiger partial charge in [-0.05, 0) is 20.3 Å². The summed E-state index contributed by atoms with van der Waals surface area (Å²) in [5.74, 6) is 0. The molecule has 0 bridgehead atoms. The minimum absolute atomic E-state index is 0.260. The minimum Gasteiger partial charge on any atom is -0.379 e. The molecule has 1 aliphatic rings. The highest BCUT2D eigenvalue weighted by atomic mass is 35.5. The Morgan fingerprint density at radius 2 is 2.00 bits per heavy atom. The van der Waals surface area contributed by atoms with Crippen molar-refractivity contribution in [3.05, 3.63) is 0 Å². The predicted octanol–water partition coefficient (Wildman–Crippen LogP) is 1.31. The van der Waals surface area contributed by atoms with Gasteiger partial charge in [0.05, 0.1) is 13.2 Å². The smallest absolute Gasteiger partial charge is 0.0594 e. The Hall–Kier alpha value is 0.170. The maximum absolute atomic E-state index is 5.93. The van der Waals surface area contributed by atoms with Gasteiger partial charge in [-0.1, -0.05) is 0 Å². The van der Waals surface area contributed by atoms with Crippen LogP contribution in [0.25, 0.3) is 0 Å². The summed E-state index contributed by atoms with van der Waals surface area (Å²) >= 11 is 5.93. The van der Waals surface area contributed by atoms with Crippen LogP contribution in [0.2, 0.25) is 0 Å². The lowest BCUT2D eigenvalue weighted by atomic mass is 10.2. The van der Waals surface area contributed by atoms with Crippen molar-refractivity contribution in [2.75, 3.05) is 39.4 Å². The van der Waals surface area contributed by atoms with E-state index >= 15 is 0 Å². The number of rotatable bonds is 6. The van der Waals surface area contributed by atoms with Crippen LogP contribution < -0.4 is 5.32 Å². The zero-order valence-corrected chi connectivity index (χ0v) is 10.6. The molecule has 1 N–H and O–H groups in total. The van der Waals surface area contributed by atoms with Crippen LogP contribution >= 0.6 is 11.6 Å². The number of ether oxygens (including phenoxy) is 1. The molecule has 3 nitrogen and oxygen atoms in total. The fourth-order valence-corrected chi connectivity index (χ4v) is 2.13. The van der Waals surface area contributed by atoms with E-state index in [4.69, 9.17) is 16.3 Å². The highest BCUT2D eigenvalue weighted by molar-refractivity contribution is 6.20. The predicted molar refractivity (Wildman–Crippen MR) is 64.7 cm³/mol. The largest absolute Gasteiger partial charge is 0.379 e. The summed E-state index contributed by atoms with van der Waals surface area (Å²) in [6, 6.07) is 0.513. The quantitative estimate of drug-likeness (QED) is 0.702. The Kier molecular flexibility index (Phi) is 6.57. The molecule has 0 aliphatic carbocycles. The molecule has 1 rings (SSSR count). The molecule has 15 heavy (non-hydrogen) atoms. The van der Waals surface area contributed by atoms with Gasteiger partial charge in [0.1, 0.15) is 0 Å². The molecule has 0 aromatic rings. The number of nitrogens with zero attached hydrogens (tertiary/aromatic N) is 1. The van der Waals surface area contributed by atoms with E-state index in [1.165, 1.54) is 0 Å². The second-order valence-corrected chi connectivity index (χ2v) is 5.07. The van der Waals surface area contributed by atoms with Crippen molar-refractivity contribution < 1.29 is 4.74 Å². The molecule has 1 heterocycles. The van der Waals surface area contributed by atoms with Crippen molar-refractivity contribution in [1.82, 2.24) is 10.2 Å². The Morgan fingerprint density at radius 1 is 1.33 bits per heavy atom. The molecule has 1 fully saturated rings. The summed E-state index contributed by atoms with van der Waals surface area (Å²) in [5.41, 5.74) is 0. The fourth-order valence-electron chi connectivity index (χ4n) is 1.86. The van der Waals surface area contributed by atoms with Crippen LogP contribution in [0.3, 0.4) is 0 Å². The zero-order chi connectivity index (χ0) is 11.1. The SMILES string of the molecule is CC(Cl)CC(C)NCCN1CCOCC1. The Bertz CT molecular complexity index is 161. The van der Waals surface area contributed by atoms with Gasteiger partial charge < -0.3 is 10.1 Å². The van der Waals surface area contributed by atoms with Crippen LogP contribution in [0.15, 0.2) is 0 Å². The van der Waals surface area contributed by atoms with Gasteiger partial charge in [-0.25, -0.2) is 0 Å². The van der Waals surface area contributed by atoms with Gasteiger partial charge in [0.2, 0.25) is 0 Å². The highest BCUT2D eigenvalue weighted by Gasteiger charge is 2.10. The van der Waals surface area contributed by atoms with Crippen LogP contribution in [-0.4, -0.2) is 55.7 Å². The summed E-state index contributed by atoms with van der Waals surface area (Å²) < 4.78 is 5.30. The van der Waals surface area contributed by atoms with Gasteiger partial charge in [-0.15, -0.1) is 11.6 Å². The lowest BCUT2D eigenvalue weighted by molar-refractivity contribution is 0.0381. The van der Waals surface area contributed by atoms with E-state index in [-0.39, 0.29) is 5.38 Å². The summed E-state index contributed by atoms with van der Waals surface area (Å²) in [6.07, 6.45) is 1.03. The number of halogens is 1. The summed E-state index contributed by atoms with van der Waals surface area (Å²) in [7, 11) is 0. The van der Waals surface area contributed by atoms with Crippen LogP contribution in [0, 0.1) is 0 Å². The molecule has 0 amide bonds. The molecule has 2 unspecified atom stereocenters. The zero-order valence-electron chi connectivity index (χ0n) is 9.84. The highest BCUT2D eigenvalue weighted by Crippen LogP contribution is 2.03. The van der Waals surface area contributed by atoms with Crippen molar-refractivity contribution in [2.24, 2.45) is 0 Å². The van der Waals surface area contributed by atoms with Crippen molar-refractivity contribution in [3.63, 3.8) is 0 Å². The van der Waals surface area contributed by atoms with Crippen LogP contribution in [0.5, 0.6) is 0 Å². The van der Waals surface area contributed by atoms with Crippen LogP contribution in [0.1, 0.15) is 20.3 Å². The van der Waals surface area contributed by atoms with Gasteiger partial charge in [0.25, 0.3) is 0 Å². The second kappa shape index (κ2) is 7.44. The lowest BCUT2D eigenvalue weighted by Crippen LogP contribution is -2.42. The molecule has 1 aliphatic heterocycles. The van der Waals surface area contributed by atoms with Crippen molar-refractivity contribution in [2.45, 2.75) is 31.7 Å². The monoisotopic (exact) mass is 234 g/mol. The van der Waals surface area contributed by atoms with E-state index in [1.54, 1.807) is 0 Å².